The number of anilines is 1. The molecule has 0 aliphatic carbocycles. The second kappa shape index (κ2) is 5.27. The number of benzene rings is 1. The number of hydrogen-bond acceptors (Lipinski definition) is 5. The predicted octanol–water partition coefficient (Wildman–Crippen LogP) is 2.77. The zero-order valence-corrected chi connectivity index (χ0v) is 12.3. The first-order valence-corrected chi connectivity index (χ1v) is 6.79. The molecule has 110 valence electrons. The van der Waals surface area contributed by atoms with Gasteiger partial charge in [0.15, 0.2) is 0 Å². The van der Waals surface area contributed by atoms with E-state index in [1.807, 2.05) is 0 Å². The molecule has 0 fully saturated rings. The van der Waals surface area contributed by atoms with E-state index in [2.05, 4.69) is 4.98 Å². The van der Waals surface area contributed by atoms with E-state index in [1.54, 1.807) is 30.3 Å². The number of hydrogen-bond donors (Lipinski definition) is 1. The number of nitrogens with zero attached hydrogens (tertiary/aromatic N) is 1. The molecule has 0 saturated heterocycles. The van der Waals surface area contributed by atoms with Gasteiger partial charge in [-0.2, -0.15) is 0 Å². The number of fused-ring (bicyclic) bond motifs is 2. The van der Waals surface area contributed by atoms with Gasteiger partial charge in [0, 0.05) is 21.2 Å². The van der Waals surface area contributed by atoms with Crippen LogP contribution in [0, 0.1) is 0 Å². The van der Waals surface area contributed by atoms with Crippen molar-refractivity contribution in [2.24, 2.45) is 0 Å². The van der Waals surface area contributed by atoms with Crippen LogP contribution in [0.5, 0.6) is 0 Å². The maximum atomic E-state index is 12.7. The van der Waals surface area contributed by atoms with Gasteiger partial charge in [0.1, 0.15) is 5.52 Å². The number of rotatable bonds is 1. The third kappa shape index (κ3) is 2.25. The van der Waals surface area contributed by atoms with Crippen molar-refractivity contribution in [3.05, 3.63) is 57.3 Å². The molecule has 0 aliphatic heterocycles. The third-order valence-electron chi connectivity index (χ3n) is 3.37. The predicted molar refractivity (Wildman–Crippen MR) is 86.3 cm³/mol. The quantitative estimate of drug-likeness (QED) is 0.698. The van der Waals surface area contributed by atoms with E-state index >= 15 is 0 Å². The van der Waals surface area contributed by atoms with Gasteiger partial charge in [-0.1, -0.05) is 11.6 Å². The zero-order chi connectivity index (χ0) is 15.9. The highest BCUT2D eigenvalue weighted by atomic mass is 35.5. The first kappa shape index (κ1) is 14.3. The molecular weight excluding hydrogens is 304 g/mol. The van der Waals surface area contributed by atoms with Crippen LogP contribution in [-0.2, 0) is 4.74 Å². The van der Waals surface area contributed by atoms with Crippen LogP contribution in [0.25, 0.3) is 21.7 Å². The van der Waals surface area contributed by atoms with Gasteiger partial charge in [-0.25, -0.2) is 9.78 Å². The Hall–Kier alpha value is -2.66. The van der Waals surface area contributed by atoms with Crippen molar-refractivity contribution in [3.8, 4) is 0 Å². The Morgan fingerprint density at radius 1 is 1.23 bits per heavy atom. The number of nitrogen functional groups attached to an aromatic ring is 1. The smallest absolute Gasteiger partial charge is 0.338 e. The lowest BCUT2D eigenvalue weighted by molar-refractivity contribution is 0.0603. The number of methoxy groups -OCH3 is 1. The fourth-order valence-corrected chi connectivity index (χ4v) is 2.55. The second-order valence-electron chi connectivity index (χ2n) is 4.78. The van der Waals surface area contributed by atoms with Crippen LogP contribution in [0.1, 0.15) is 10.4 Å². The summed E-state index contributed by atoms with van der Waals surface area (Å²) in [6, 6.07) is 7.87. The molecule has 0 atom stereocenters. The van der Waals surface area contributed by atoms with Crippen LogP contribution in [0.2, 0.25) is 5.02 Å². The molecule has 0 saturated carbocycles. The van der Waals surface area contributed by atoms with E-state index in [1.165, 1.54) is 13.3 Å². The van der Waals surface area contributed by atoms with Gasteiger partial charge in [0.05, 0.1) is 24.6 Å². The number of esters is 1. The number of aromatic nitrogens is 1. The van der Waals surface area contributed by atoms with E-state index in [0.717, 1.165) is 0 Å². The summed E-state index contributed by atoms with van der Waals surface area (Å²) in [6.07, 6.45) is 1.41. The lowest BCUT2D eigenvalue weighted by Crippen LogP contribution is -2.03. The van der Waals surface area contributed by atoms with Crippen molar-refractivity contribution in [3.63, 3.8) is 0 Å². The summed E-state index contributed by atoms with van der Waals surface area (Å²) in [4.78, 5) is 28.9. The summed E-state index contributed by atoms with van der Waals surface area (Å²) < 4.78 is 4.81. The highest BCUT2D eigenvalue weighted by molar-refractivity contribution is 6.31. The molecule has 1 aromatic heterocycles. The minimum atomic E-state index is -0.563. The van der Waals surface area contributed by atoms with Gasteiger partial charge in [0.25, 0.3) is 0 Å². The topological polar surface area (TPSA) is 82.3 Å². The lowest BCUT2D eigenvalue weighted by Gasteiger charge is -2.01. The molecule has 3 aromatic rings. The van der Waals surface area contributed by atoms with Crippen LogP contribution < -0.4 is 11.2 Å². The van der Waals surface area contributed by atoms with E-state index in [0.29, 0.717) is 26.9 Å². The molecule has 2 N–H and O–H groups in total. The summed E-state index contributed by atoms with van der Waals surface area (Å²) in [5.41, 5.74) is 6.29. The summed E-state index contributed by atoms with van der Waals surface area (Å²) >= 11 is 6.00. The summed E-state index contributed by atoms with van der Waals surface area (Å²) in [6.45, 7) is 0. The Balaban J connectivity index is 2.64. The fourth-order valence-electron chi connectivity index (χ4n) is 2.38. The number of carbonyl (C=O) groups is 1. The number of ether oxygens (including phenoxy) is 1. The van der Waals surface area contributed by atoms with E-state index in [4.69, 9.17) is 22.1 Å². The maximum Gasteiger partial charge on any atom is 0.338 e. The van der Waals surface area contributed by atoms with Gasteiger partial charge >= 0.3 is 5.97 Å². The molecule has 0 radical (unpaired) electrons. The molecular formula is C16H11ClN2O3. The Morgan fingerprint density at radius 2 is 2.00 bits per heavy atom. The molecule has 3 rings (SSSR count). The van der Waals surface area contributed by atoms with Gasteiger partial charge in [-0.05, 0) is 30.3 Å². The Labute approximate surface area is 130 Å². The van der Waals surface area contributed by atoms with Crippen molar-refractivity contribution in [2.45, 2.75) is 0 Å². The first-order chi connectivity index (χ1) is 10.5. The molecule has 0 spiro atoms. The van der Waals surface area contributed by atoms with Gasteiger partial charge < -0.3 is 10.5 Å². The molecule has 0 amide bonds. The van der Waals surface area contributed by atoms with Crippen LogP contribution >= 0.6 is 11.6 Å². The standard InChI is InChI=1S/C16H11ClN2O3/c1-22-16(21)13-5-8-4-10(18)7-19-14(8)15(20)11-3-2-9(17)6-12(11)13/h2-7H,18H2,1H3. The van der Waals surface area contributed by atoms with E-state index < -0.39 is 5.97 Å². The van der Waals surface area contributed by atoms with Crippen molar-refractivity contribution < 1.29 is 9.53 Å². The normalized spacial score (nSPS) is 10.8. The second-order valence-corrected chi connectivity index (χ2v) is 5.21. The third-order valence-corrected chi connectivity index (χ3v) is 3.61. The zero-order valence-electron chi connectivity index (χ0n) is 11.6. The largest absolute Gasteiger partial charge is 0.465 e. The van der Waals surface area contributed by atoms with Gasteiger partial charge in [-0.15, -0.1) is 0 Å². The summed E-state index contributed by atoms with van der Waals surface area (Å²) in [5, 5.41) is 1.65. The van der Waals surface area contributed by atoms with Crippen LogP contribution in [0.3, 0.4) is 0 Å². The van der Waals surface area contributed by atoms with Crippen LogP contribution in [-0.4, -0.2) is 18.1 Å². The van der Waals surface area contributed by atoms with E-state index in [9.17, 15) is 9.59 Å². The Kier molecular flexibility index (Phi) is 3.42. The van der Waals surface area contributed by atoms with Crippen molar-refractivity contribution in [1.82, 2.24) is 4.98 Å². The monoisotopic (exact) mass is 314 g/mol. The molecule has 6 heteroatoms. The molecule has 22 heavy (non-hydrogen) atoms. The lowest BCUT2D eigenvalue weighted by atomic mass is 10.1. The average Bonchev–Trinajstić information content (AvgIpc) is 2.61. The maximum absolute atomic E-state index is 12.7. The SMILES string of the molecule is COC(=O)c1cc2cc(N)cnc2c(=O)c2ccc(Cl)cc12. The molecule has 2 aromatic carbocycles. The molecule has 5 nitrogen and oxygen atoms in total. The first-order valence-electron chi connectivity index (χ1n) is 6.41. The Morgan fingerprint density at radius 3 is 2.73 bits per heavy atom. The van der Waals surface area contributed by atoms with E-state index in [-0.39, 0.29) is 16.5 Å². The molecule has 0 aliphatic rings. The summed E-state index contributed by atoms with van der Waals surface area (Å²) in [5.74, 6) is -0.563. The average molecular weight is 315 g/mol. The number of halogens is 1. The van der Waals surface area contributed by atoms with Gasteiger partial charge in [0.2, 0.25) is 5.43 Å². The number of pyridine rings is 1. The van der Waals surface area contributed by atoms with Crippen molar-refractivity contribution in [1.29, 1.82) is 0 Å². The highest BCUT2D eigenvalue weighted by Gasteiger charge is 2.14. The van der Waals surface area contributed by atoms with Gasteiger partial charge in [-0.3, -0.25) is 4.79 Å². The minimum Gasteiger partial charge on any atom is -0.465 e. The molecule has 0 unspecified atom stereocenters. The molecule has 0 bridgehead atoms. The minimum absolute atomic E-state index is 0.233. The van der Waals surface area contributed by atoms with Crippen LogP contribution in [0.4, 0.5) is 5.69 Å². The van der Waals surface area contributed by atoms with Crippen molar-refractivity contribution in [2.75, 3.05) is 12.8 Å². The molecule has 1 heterocycles. The number of carbonyl (C=O) groups excluding carboxylic acids is 1. The van der Waals surface area contributed by atoms with Crippen molar-refractivity contribution >= 4 is 44.9 Å². The highest BCUT2D eigenvalue weighted by Crippen LogP contribution is 2.24. The fraction of sp³-hybridized carbons (Fsp3) is 0.0625. The van der Waals surface area contributed by atoms with Crippen LogP contribution in [0.15, 0.2) is 41.3 Å². The number of nitrogens with two attached hydrogens (primary N) is 1. The Bertz CT molecular complexity index is 986. The summed E-state index contributed by atoms with van der Waals surface area (Å²) in [7, 11) is 1.28.